The van der Waals surface area contributed by atoms with E-state index in [1.165, 1.54) is 88.3 Å². The van der Waals surface area contributed by atoms with Crippen molar-refractivity contribution in [3.63, 3.8) is 0 Å². The molecule has 0 spiro atoms. The van der Waals surface area contributed by atoms with E-state index in [4.69, 9.17) is 9.97 Å². The Morgan fingerprint density at radius 1 is 0.267 bits per heavy atom. The van der Waals surface area contributed by atoms with Crippen molar-refractivity contribution in [3.05, 3.63) is 320 Å². The van der Waals surface area contributed by atoms with E-state index >= 15 is 0 Å². The van der Waals surface area contributed by atoms with Gasteiger partial charge in [-0.3, -0.25) is 9.13 Å². The molecular formula is C82H54BBrN4O2. The molecule has 2 aromatic heterocycles. The molecule has 0 atom stereocenters. The summed E-state index contributed by atoms with van der Waals surface area (Å²) < 4.78 is 5.53. The van der Waals surface area contributed by atoms with E-state index in [-0.39, 0.29) is 0 Å². The molecular weight excluding hydrogens is 1160 g/mol. The van der Waals surface area contributed by atoms with E-state index in [0.717, 1.165) is 71.8 Å². The molecule has 8 heteroatoms. The Bertz CT molecular complexity index is 5320. The highest BCUT2D eigenvalue weighted by molar-refractivity contribution is 9.10. The average Bonchev–Trinajstić information content (AvgIpc) is 1.69. The maximum absolute atomic E-state index is 9.29. The molecule has 6 nitrogen and oxygen atoms in total. The summed E-state index contributed by atoms with van der Waals surface area (Å²) >= 11 is 3.50. The van der Waals surface area contributed by atoms with Crippen LogP contribution in [0.5, 0.6) is 0 Å². The minimum atomic E-state index is -1.43. The molecule has 0 saturated carbocycles. The van der Waals surface area contributed by atoms with Crippen LogP contribution in [0.15, 0.2) is 320 Å². The number of hydrogen-bond acceptors (Lipinski definition) is 4. The molecule has 90 heavy (non-hydrogen) atoms. The van der Waals surface area contributed by atoms with Gasteiger partial charge in [-0.2, -0.15) is 0 Å². The first-order valence-electron chi connectivity index (χ1n) is 30.2. The number of aromatic nitrogens is 4. The highest BCUT2D eigenvalue weighted by Gasteiger charge is 2.25. The predicted molar refractivity (Wildman–Crippen MR) is 377 cm³/mol. The largest absolute Gasteiger partial charge is 0.488 e. The fourth-order valence-electron chi connectivity index (χ4n) is 13.3. The third-order valence-corrected chi connectivity index (χ3v) is 18.1. The third-order valence-electron chi connectivity index (χ3n) is 17.5. The second-order valence-corrected chi connectivity index (χ2v) is 23.6. The lowest BCUT2D eigenvalue weighted by Gasteiger charge is -2.12. The Morgan fingerprint density at radius 2 is 0.600 bits per heavy atom. The van der Waals surface area contributed by atoms with Crippen molar-refractivity contribution >= 4 is 72.1 Å². The van der Waals surface area contributed by atoms with Crippen molar-refractivity contribution < 1.29 is 10.0 Å². The molecule has 0 saturated heterocycles. The van der Waals surface area contributed by atoms with Crippen molar-refractivity contribution in [1.82, 2.24) is 19.1 Å². The summed E-state index contributed by atoms with van der Waals surface area (Å²) in [7, 11) is -1.43. The first-order valence-corrected chi connectivity index (χ1v) is 31.0. The Kier molecular flexibility index (Phi) is 13.9. The molecule has 0 unspecified atom stereocenters. The Balaban J connectivity index is 0.000000117. The van der Waals surface area contributed by atoms with Crippen LogP contribution in [-0.4, -0.2) is 36.3 Å². The Labute approximate surface area is 529 Å². The topological polar surface area (TPSA) is 76.1 Å². The van der Waals surface area contributed by atoms with Gasteiger partial charge in [-0.05, 0) is 166 Å². The van der Waals surface area contributed by atoms with Crippen molar-refractivity contribution in [2.45, 2.75) is 0 Å². The smallest absolute Gasteiger partial charge is 0.423 e. The second kappa shape index (κ2) is 22.9. The molecule has 424 valence electrons. The number of halogens is 1. The van der Waals surface area contributed by atoms with Gasteiger partial charge in [0.05, 0.1) is 22.1 Å². The first kappa shape index (κ1) is 54.4. The predicted octanol–water partition coefficient (Wildman–Crippen LogP) is 20.1. The highest BCUT2D eigenvalue weighted by atomic mass is 79.9. The van der Waals surface area contributed by atoms with Gasteiger partial charge >= 0.3 is 7.12 Å². The van der Waals surface area contributed by atoms with Gasteiger partial charge in [-0.1, -0.05) is 271 Å². The normalized spacial score (nSPS) is 11.5. The van der Waals surface area contributed by atoms with Gasteiger partial charge in [-0.25, -0.2) is 9.97 Å². The van der Waals surface area contributed by atoms with Crippen molar-refractivity contribution in [3.8, 4) is 112 Å². The Hall–Kier alpha value is -11.0. The quantitative estimate of drug-likeness (QED) is 0.149. The number of para-hydroxylation sites is 4. The molecule has 2 heterocycles. The summed E-state index contributed by atoms with van der Waals surface area (Å²) in [6.07, 6.45) is 0. The summed E-state index contributed by atoms with van der Waals surface area (Å²) in [6.45, 7) is 0. The summed E-state index contributed by atoms with van der Waals surface area (Å²) in [6, 6.07) is 110. The molecule has 0 aliphatic heterocycles. The van der Waals surface area contributed by atoms with Crippen LogP contribution in [0.2, 0.25) is 0 Å². The summed E-state index contributed by atoms with van der Waals surface area (Å²) in [5, 5.41) is 23.8. The number of hydrogen-bond donors (Lipinski definition) is 2. The number of benzene rings is 14. The van der Waals surface area contributed by atoms with Crippen molar-refractivity contribution in [1.29, 1.82) is 0 Å². The zero-order chi connectivity index (χ0) is 60.2. The van der Waals surface area contributed by atoms with E-state index in [2.05, 4.69) is 274 Å². The summed E-state index contributed by atoms with van der Waals surface area (Å²) in [5.74, 6) is 1.91. The summed E-state index contributed by atoms with van der Waals surface area (Å²) in [5.41, 5.74) is 26.8. The molecule has 0 bridgehead atoms. The van der Waals surface area contributed by atoms with Crippen LogP contribution in [0.25, 0.3) is 156 Å². The lowest BCUT2D eigenvalue weighted by atomic mass is 9.79. The zero-order valence-electron chi connectivity index (χ0n) is 48.7. The number of nitrogens with zero attached hydrogens (tertiary/aromatic N) is 4. The van der Waals surface area contributed by atoms with Crippen LogP contribution in [0.1, 0.15) is 0 Å². The standard InChI is InChI=1S/C41H26N2.C22H15BO2.C19H13BrN2/c1-2-9-30(10-3-1)41-42-38-15-6-7-16-39(38)43(41)31-23-21-28(22-24-31)27-17-19-29(20-18-27)32-25-26-37-34-12-5-4-11-33(34)36-14-8-13-35(32)40(36)37;24-23(25)15-10-8-14(9-11-15)16-12-13-21-18-5-2-1-4-17(18)20-7-3-6-19(16)22(20)21;20-15-10-12-16(13-11-15)22-18-9-5-4-8-17(18)21-19(22)14-6-2-1-3-7-14/h1-26H;1-13,24-25H;1-13H. The Morgan fingerprint density at radius 3 is 1.03 bits per heavy atom. The van der Waals surface area contributed by atoms with E-state index in [0.29, 0.717) is 5.46 Å². The second-order valence-electron chi connectivity index (χ2n) is 22.7. The molecule has 18 rings (SSSR count). The summed E-state index contributed by atoms with van der Waals surface area (Å²) in [4.78, 5) is 9.82. The average molecular weight is 1220 g/mol. The molecule has 14 aromatic carbocycles. The SMILES string of the molecule is Brc1ccc(-n2c(-c3ccccc3)nc3ccccc32)cc1.OB(O)c1ccc(-c2ccc3c4c(cccc24)-c2ccccc2-3)cc1.c1ccc(-c2nc3ccccc3n2-c2ccc(-c3ccc(-c4ccc5c6c(cccc46)-c4ccccc4-5)cc3)cc2)cc1. The lowest BCUT2D eigenvalue weighted by molar-refractivity contribution is 0.426. The van der Waals surface area contributed by atoms with Crippen molar-refractivity contribution in [2.75, 3.05) is 0 Å². The number of rotatable bonds is 8. The van der Waals surface area contributed by atoms with E-state index in [1.54, 1.807) is 12.1 Å². The molecule has 0 amide bonds. The monoisotopic (exact) mass is 1220 g/mol. The fraction of sp³-hybridized carbons (Fsp3) is 0. The maximum atomic E-state index is 9.29. The van der Waals surface area contributed by atoms with Gasteiger partial charge < -0.3 is 10.0 Å². The lowest BCUT2D eigenvalue weighted by Crippen LogP contribution is -2.29. The van der Waals surface area contributed by atoms with Gasteiger partial charge in [-0.15, -0.1) is 0 Å². The zero-order valence-corrected chi connectivity index (χ0v) is 50.2. The van der Waals surface area contributed by atoms with Gasteiger partial charge in [0.1, 0.15) is 11.6 Å². The minimum absolute atomic E-state index is 0.502. The van der Waals surface area contributed by atoms with Crippen LogP contribution in [0.4, 0.5) is 0 Å². The van der Waals surface area contributed by atoms with E-state index < -0.39 is 7.12 Å². The number of fused-ring (bicyclic) bond motifs is 8. The molecule has 0 radical (unpaired) electrons. The van der Waals surface area contributed by atoms with Crippen LogP contribution >= 0.6 is 15.9 Å². The van der Waals surface area contributed by atoms with Crippen molar-refractivity contribution in [2.24, 2.45) is 0 Å². The highest BCUT2D eigenvalue weighted by Crippen LogP contribution is 2.51. The van der Waals surface area contributed by atoms with Gasteiger partial charge in [0.15, 0.2) is 0 Å². The first-order chi connectivity index (χ1) is 44.4. The minimum Gasteiger partial charge on any atom is -0.423 e. The van der Waals surface area contributed by atoms with E-state index in [1.807, 2.05) is 54.6 Å². The fourth-order valence-corrected chi connectivity index (χ4v) is 13.6. The van der Waals surface area contributed by atoms with Crippen LogP contribution < -0.4 is 5.46 Å². The molecule has 2 N–H and O–H groups in total. The molecule has 0 fully saturated rings. The maximum Gasteiger partial charge on any atom is 0.488 e. The van der Waals surface area contributed by atoms with Gasteiger partial charge in [0, 0.05) is 27.0 Å². The molecule has 16 aromatic rings. The van der Waals surface area contributed by atoms with E-state index in [9.17, 15) is 10.0 Å². The molecule has 2 aliphatic rings. The van der Waals surface area contributed by atoms with Crippen LogP contribution in [0.3, 0.4) is 0 Å². The van der Waals surface area contributed by atoms with Gasteiger partial charge in [0.25, 0.3) is 0 Å². The van der Waals surface area contributed by atoms with Gasteiger partial charge in [0.2, 0.25) is 0 Å². The third kappa shape index (κ3) is 9.62. The molecule has 2 aliphatic carbocycles. The number of imidazole rings is 2. The van der Waals surface area contributed by atoms with Crippen LogP contribution in [0, 0.1) is 0 Å². The van der Waals surface area contributed by atoms with Crippen LogP contribution in [-0.2, 0) is 0 Å².